The summed E-state index contributed by atoms with van der Waals surface area (Å²) in [6.07, 6.45) is 1.99. The molecule has 0 amide bonds. The van der Waals surface area contributed by atoms with Gasteiger partial charge >= 0.3 is 0 Å². The number of likely N-dealkylation sites (tertiary alicyclic amines) is 1. The third kappa shape index (κ3) is 4.69. The molecule has 0 unspecified atom stereocenters. The van der Waals surface area contributed by atoms with Crippen LogP contribution in [0.1, 0.15) is 18.4 Å². The highest BCUT2D eigenvalue weighted by atomic mass is 32.2. The van der Waals surface area contributed by atoms with Crippen LogP contribution in [0.25, 0.3) is 0 Å². The molecule has 3 aromatic rings. The average Bonchev–Trinajstić information content (AvgIpc) is 2.77. The first-order valence-corrected chi connectivity index (χ1v) is 11.5. The van der Waals surface area contributed by atoms with Crippen LogP contribution in [-0.2, 0) is 16.4 Å². The van der Waals surface area contributed by atoms with Gasteiger partial charge < -0.3 is 5.32 Å². The summed E-state index contributed by atoms with van der Waals surface area (Å²) in [5.41, 5.74) is 2.02. The molecule has 150 valence electrons. The smallest absolute Gasteiger partial charge is 0.208 e. The predicted molar refractivity (Wildman–Crippen MR) is 117 cm³/mol. The van der Waals surface area contributed by atoms with Crippen molar-refractivity contribution in [1.29, 1.82) is 0 Å². The van der Waals surface area contributed by atoms with Gasteiger partial charge in [-0.15, -0.1) is 0 Å². The zero-order valence-corrected chi connectivity index (χ0v) is 17.2. The number of rotatable bonds is 6. The first-order valence-electron chi connectivity index (χ1n) is 10.0. The summed E-state index contributed by atoms with van der Waals surface area (Å²) < 4.78 is 26.2. The molecule has 0 spiro atoms. The lowest BCUT2D eigenvalue weighted by atomic mass is 10.0. The molecule has 4 nitrogen and oxygen atoms in total. The van der Waals surface area contributed by atoms with Crippen molar-refractivity contribution in [2.24, 2.45) is 0 Å². The Morgan fingerprint density at radius 2 is 1.38 bits per heavy atom. The predicted octanol–water partition coefficient (Wildman–Crippen LogP) is 4.60. The Labute approximate surface area is 173 Å². The fraction of sp³-hybridized carbons (Fsp3) is 0.250. The number of nitrogens with zero attached hydrogens (tertiary/aromatic N) is 1. The van der Waals surface area contributed by atoms with Crippen molar-refractivity contribution in [3.8, 4) is 0 Å². The van der Waals surface area contributed by atoms with E-state index in [1.165, 1.54) is 5.56 Å². The fourth-order valence-corrected chi connectivity index (χ4v) is 5.29. The molecule has 4 rings (SSSR count). The summed E-state index contributed by atoms with van der Waals surface area (Å²) in [6, 6.07) is 26.6. The molecule has 0 radical (unpaired) electrons. The van der Waals surface area contributed by atoms with Crippen molar-refractivity contribution in [2.75, 3.05) is 18.4 Å². The number of piperidine rings is 1. The van der Waals surface area contributed by atoms with E-state index in [-0.39, 0.29) is 6.04 Å². The number of hydrogen-bond donors (Lipinski definition) is 1. The molecule has 0 bridgehead atoms. The normalized spacial score (nSPS) is 15.9. The van der Waals surface area contributed by atoms with Crippen LogP contribution in [-0.4, -0.2) is 32.4 Å². The highest BCUT2D eigenvalue weighted by molar-refractivity contribution is 7.91. The van der Waals surface area contributed by atoms with Crippen molar-refractivity contribution in [3.63, 3.8) is 0 Å². The lowest BCUT2D eigenvalue weighted by Crippen LogP contribution is -2.38. The van der Waals surface area contributed by atoms with Crippen molar-refractivity contribution < 1.29 is 8.42 Å². The molecule has 1 aliphatic rings. The summed E-state index contributed by atoms with van der Waals surface area (Å²) in [6.45, 7) is 2.97. The summed E-state index contributed by atoms with van der Waals surface area (Å²) in [4.78, 5) is 3.13. The van der Waals surface area contributed by atoms with E-state index in [2.05, 4.69) is 34.5 Å². The van der Waals surface area contributed by atoms with Crippen LogP contribution in [0.2, 0.25) is 0 Å². The highest BCUT2D eigenvalue weighted by Gasteiger charge is 2.24. The molecule has 1 saturated heterocycles. The van der Waals surface area contributed by atoms with Crippen molar-refractivity contribution in [1.82, 2.24) is 4.90 Å². The van der Waals surface area contributed by atoms with Crippen LogP contribution in [0.4, 0.5) is 5.69 Å². The van der Waals surface area contributed by atoms with E-state index in [1.807, 2.05) is 24.3 Å². The van der Waals surface area contributed by atoms with Gasteiger partial charge in [-0.3, -0.25) is 4.90 Å². The van der Waals surface area contributed by atoms with Crippen molar-refractivity contribution >= 4 is 15.5 Å². The van der Waals surface area contributed by atoms with Gasteiger partial charge in [0.15, 0.2) is 0 Å². The molecule has 1 fully saturated rings. The number of anilines is 1. The summed E-state index contributed by atoms with van der Waals surface area (Å²) in [5, 5.41) is 3.50. The van der Waals surface area contributed by atoms with E-state index in [0.717, 1.165) is 32.5 Å². The zero-order valence-electron chi connectivity index (χ0n) is 16.4. The summed E-state index contributed by atoms with van der Waals surface area (Å²) >= 11 is 0. The summed E-state index contributed by atoms with van der Waals surface area (Å²) in [5.74, 6) is 0. The molecule has 0 atom stereocenters. The number of para-hydroxylation sites is 1. The van der Waals surface area contributed by atoms with Crippen molar-refractivity contribution in [3.05, 3.63) is 90.5 Å². The Morgan fingerprint density at radius 3 is 2.07 bits per heavy atom. The van der Waals surface area contributed by atoms with Gasteiger partial charge in [-0.25, -0.2) is 8.42 Å². The average molecular weight is 407 g/mol. The second kappa shape index (κ2) is 8.80. The quantitative estimate of drug-likeness (QED) is 0.650. The lowest BCUT2D eigenvalue weighted by Gasteiger charge is -2.33. The maximum absolute atomic E-state index is 13.1. The molecule has 0 aromatic heterocycles. The minimum Gasteiger partial charge on any atom is -0.381 e. The first kappa shape index (κ1) is 19.7. The molecule has 1 N–H and O–H groups in total. The standard InChI is InChI=1S/C24H26N2O2S/c27-29(28,22-11-5-2-6-12-22)24-14-8-7-13-23(24)25-21-15-17-26(18-16-21)19-20-9-3-1-4-10-20/h1-14,21,25H,15-19H2. The molecule has 0 saturated carbocycles. The molecule has 1 heterocycles. The van der Waals surface area contributed by atoms with Crippen LogP contribution in [0.5, 0.6) is 0 Å². The molecule has 1 aliphatic heterocycles. The minimum absolute atomic E-state index is 0.272. The Kier molecular flexibility index (Phi) is 5.97. The fourth-order valence-electron chi connectivity index (χ4n) is 3.84. The Bertz CT molecular complexity index is 1030. The Hall–Kier alpha value is -2.63. The first-order chi connectivity index (χ1) is 14.1. The molecular weight excluding hydrogens is 380 g/mol. The molecule has 0 aliphatic carbocycles. The topological polar surface area (TPSA) is 49.4 Å². The molecule has 3 aromatic carbocycles. The van der Waals surface area contributed by atoms with Gasteiger partial charge in [-0.05, 0) is 42.7 Å². The van der Waals surface area contributed by atoms with Crippen LogP contribution in [0.3, 0.4) is 0 Å². The maximum atomic E-state index is 13.1. The zero-order chi connectivity index (χ0) is 20.1. The van der Waals surface area contributed by atoms with Crippen LogP contribution < -0.4 is 5.32 Å². The van der Waals surface area contributed by atoms with E-state index >= 15 is 0 Å². The number of sulfone groups is 1. The third-order valence-corrected chi connectivity index (χ3v) is 7.25. The maximum Gasteiger partial charge on any atom is 0.208 e. The molecule has 29 heavy (non-hydrogen) atoms. The minimum atomic E-state index is -3.54. The van der Waals surface area contributed by atoms with E-state index in [0.29, 0.717) is 15.5 Å². The van der Waals surface area contributed by atoms with E-state index in [1.54, 1.807) is 36.4 Å². The summed E-state index contributed by atoms with van der Waals surface area (Å²) in [7, 11) is -3.54. The van der Waals surface area contributed by atoms with Gasteiger partial charge in [-0.1, -0.05) is 60.7 Å². The van der Waals surface area contributed by atoms with Gasteiger partial charge in [0.1, 0.15) is 0 Å². The van der Waals surface area contributed by atoms with Gasteiger partial charge in [0.05, 0.1) is 15.5 Å². The molecular formula is C24H26N2O2S. The van der Waals surface area contributed by atoms with Crippen LogP contribution in [0.15, 0.2) is 94.7 Å². The van der Waals surface area contributed by atoms with Gasteiger partial charge in [0.25, 0.3) is 0 Å². The SMILES string of the molecule is O=S(=O)(c1ccccc1)c1ccccc1NC1CCN(Cc2ccccc2)CC1. The van der Waals surface area contributed by atoms with Gasteiger partial charge in [-0.2, -0.15) is 0 Å². The molecule has 5 heteroatoms. The second-order valence-electron chi connectivity index (χ2n) is 7.49. The van der Waals surface area contributed by atoms with E-state index in [9.17, 15) is 8.42 Å². The Morgan fingerprint density at radius 1 is 0.793 bits per heavy atom. The van der Waals surface area contributed by atoms with E-state index < -0.39 is 9.84 Å². The lowest BCUT2D eigenvalue weighted by molar-refractivity contribution is 0.211. The number of hydrogen-bond acceptors (Lipinski definition) is 4. The monoisotopic (exact) mass is 406 g/mol. The Balaban J connectivity index is 1.44. The number of benzene rings is 3. The highest BCUT2D eigenvalue weighted by Crippen LogP contribution is 2.29. The van der Waals surface area contributed by atoms with Crippen LogP contribution in [0, 0.1) is 0 Å². The number of nitrogens with one attached hydrogen (secondary N) is 1. The van der Waals surface area contributed by atoms with Gasteiger partial charge in [0.2, 0.25) is 9.84 Å². The van der Waals surface area contributed by atoms with E-state index in [4.69, 9.17) is 0 Å². The van der Waals surface area contributed by atoms with Crippen LogP contribution >= 0.6 is 0 Å². The third-order valence-electron chi connectivity index (χ3n) is 5.43. The van der Waals surface area contributed by atoms with Crippen molar-refractivity contribution in [2.45, 2.75) is 35.2 Å². The van der Waals surface area contributed by atoms with Gasteiger partial charge in [0, 0.05) is 25.7 Å². The largest absolute Gasteiger partial charge is 0.381 e. The second-order valence-corrected chi connectivity index (χ2v) is 9.41.